The summed E-state index contributed by atoms with van der Waals surface area (Å²) in [6.45, 7) is 0. The molecule has 0 aromatic heterocycles. The number of hydrogen-bond acceptors (Lipinski definition) is 3. The molecular formula is C14H17NO2. The lowest BCUT2D eigenvalue weighted by Crippen LogP contribution is -2.01. The van der Waals surface area contributed by atoms with Crippen LogP contribution in [0.2, 0.25) is 0 Å². The molecule has 0 saturated heterocycles. The Morgan fingerprint density at radius 1 is 1.29 bits per heavy atom. The van der Waals surface area contributed by atoms with Crippen molar-refractivity contribution in [2.45, 2.75) is 31.7 Å². The van der Waals surface area contributed by atoms with Crippen molar-refractivity contribution in [3.05, 3.63) is 35.4 Å². The zero-order chi connectivity index (χ0) is 12.1. The third-order valence-electron chi connectivity index (χ3n) is 3.09. The molecule has 1 aliphatic carbocycles. The Morgan fingerprint density at radius 2 is 1.94 bits per heavy atom. The van der Waals surface area contributed by atoms with Crippen LogP contribution >= 0.6 is 0 Å². The average molecular weight is 231 g/mol. The van der Waals surface area contributed by atoms with Gasteiger partial charge in [-0.2, -0.15) is 0 Å². The number of benzene rings is 1. The van der Waals surface area contributed by atoms with Crippen molar-refractivity contribution in [1.29, 1.82) is 0 Å². The third kappa shape index (κ3) is 3.16. The minimum absolute atomic E-state index is 0.302. The van der Waals surface area contributed by atoms with E-state index < -0.39 is 0 Å². The first-order valence-electron chi connectivity index (χ1n) is 6.01. The molecule has 1 saturated carbocycles. The molecule has 17 heavy (non-hydrogen) atoms. The summed E-state index contributed by atoms with van der Waals surface area (Å²) in [5.41, 5.74) is 1.61. The Balaban J connectivity index is 2.00. The van der Waals surface area contributed by atoms with E-state index in [0.29, 0.717) is 11.6 Å². The maximum atomic E-state index is 11.2. The van der Waals surface area contributed by atoms with Crippen LogP contribution in [0.3, 0.4) is 0 Å². The van der Waals surface area contributed by atoms with E-state index in [0.717, 1.165) is 5.56 Å². The second-order valence-corrected chi connectivity index (χ2v) is 4.33. The van der Waals surface area contributed by atoms with Gasteiger partial charge < -0.3 is 4.74 Å². The van der Waals surface area contributed by atoms with Gasteiger partial charge in [0.2, 0.25) is 0 Å². The first-order chi connectivity index (χ1) is 8.29. The molecule has 0 radical (unpaired) electrons. The van der Waals surface area contributed by atoms with Crippen molar-refractivity contribution < 1.29 is 9.53 Å². The summed E-state index contributed by atoms with van der Waals surface area (Å²) in [5, 5.41) is 0. The fourth-order valence-corrected chi connectivity index (χ4v) is 2.07. The summed E-state index contributed by atoms with van der Waals surface area (Å²) in [6, 6.07) is 7.81. The van der Waals surface area contributed by atoms with Crippen molar-refractivity contribution in [2.75, 3.05) is 7.11 Å². The molecule has 0 N–H and O–H groups in total. The van der Waals surface area contributed by atoms with Crippen LogP contribution in [0.1, 0.15) is 41.6 Å². The van der Waals surface area contributed by atoms with Gasteiger partial charge in [0.1, 0.15) is 0 Å². The molecule has 0 atom stereocenters. The standard InChI is InChI=1S/C14H17NO2/c1-17-14(16)12-8-6-11(7-9-12)10-15-13-4-2-3-5-13/h6-10,13H,2-5H2,1H3. The largest absolute Gasteiger partial charge is 0.465 e. The molecule has 0 unspecified atom stereocenters. The maximum Gasteiger partial charge on any atom is 0.337 e. The highest BCUT2D eigenvalue weighted by molar-refractivity contribution is 5.90. The normalized spacial score (nSPS) is 16.5. The van der Waals surface area contributed by atoms with Crippen molar-refractivity contribution >= 4 is 12.2 Å². The predicted octanol–water partition coefficient (Wildman–Crippen LogP) is 2.83. The van der Waals surface area contributed by atoms with Crippen LogP contribution in [0.5, 0.6) is 0 Å². The van der Waals surface area contributed by atoms with E-state index in [1.807, 2.05) is 18.3 Å². The van der Waals surface area contributed by atoms with Crippen molar-refractivity contribution in [3.8, 4) is 0 Å². The van der Waals surface area contributed by atoms with Gasteiger partial charge in [0.05, 0.1) is 12.7 Å². The van der Waals surface area contributed by atoms with Crippen LogP contribution < -0.4 is 0 Å². The van der Waals surface area contributed by atoms with Gasteiger partial charge in [0, 0.05) is 12.3 Å². The van der Waals surface area contributed by atoms with Gasteiger partial charge >= 0.3 is 5.97 Å². The Kier molecular flexibility index (Phi) is 3.91. The van der Waals surface area contributed by atoms with Gasteiger partial charge in [-0.3, -0.25) is 4.99 Å². The molecule has 0 aliphatic heterocycles. The number of rotatable bonds is 3. The topological polar surface area (TPSA) is 38.7 Å². The summed E-state index contributed by atoms with van der Waals surface area (Å²) < 4.78 is 4.64. The van der Waals surface area contributed by atoms with Gasteiger partial charge in [0.15, 0.2) is 0 Å². The molecule has 2 rings (SSSR count). The lowest BCUT2D eigenvalue weighted by molar-refractivity contribution is 0.0601. The number of hydrogen-bond donors (Lipinski definition) is 0. The quantitative estimate of drug-likeness (QED) is 0.592. The average Bonchev–Trinajstić information content (AvgIpc) is 2.89. The maximum absolute atomic E-state index is 11.2. The monoisotopic (exact) mass is 231 g/mol. The first kappa shape index (κ1) is 11.8. The molecular weight excluding hydrogens is 214 g/mol. The van der Waals surface area contributed by atoms with Crippen LogP contribution in [0, 0.1) is 0 Å². The van der Waals surface area contributed by atoms with Gasteiger partial charge in [-0.1, -0.05) is 25.0 Å². The van der Waals surface area contributed by atoms with E-state index in [1.54, 1.807) is 12.1 Å². The number of esters is 1. The molecule has 0 spiro atoms. The van der Waals surface area contributed by atoms with Crippen LogP contribution in [-0.2, 0) is 4.74 Å². The molecule has 0 heterocycles. The zero-order valence-electron chi connectivity index (χ0n) is 10.1. The smallest absolute Gasteiger partial charge is 0.337 e. The summed E-state index contributed by atoms with van der Waals surface area (Å²) in [4.78, 5) is 15.8. The fraction of sp³-hybridized carbons (Fsp3) is 0.429. The van der Waals surface area contributed by atoms with Crippen LogP contribution in [0.25, 0.3) is 0 Å². The molecule has 1 aliphatic rings. The van der Waals surface area contributed by atoms with E-state index in [9.17, 15) is 4.79 Å². The van der Waals surface area contributed by atoms with Crippen LogP contribution in [0.15, 0.2) is 29.3 Å². The second kappa shape index (κ2) is 5.62. The Labute approximate surface area is 102 Å². The van der Waals surface area contributed by atoms with E-state index >= 15 is 0 Å². The predicted molar refractivity (Wildman–Crippen MR) is 67.6 cm³/mol. The van der Waals surface area contributed by atoms with Crippen molar-refractivity contribution in [1.82, 2.24) is 0 Å². The summed E-state index contributed by atoms with van der Waals surface area (Å²) >= 11 is 0. The summed E-state index contributed by atoms with van der Waals surface area (Å²) in [7, 11) is 1.39. The molecule has 1 aromatic carbocycles. The van der Waals surface area contributed by atoms with Crippen molar-refractivity contribution in [3.63, 3.8) is 0 Å². The molecule has 1 fully saturated rings. The molecule has 90 valence electrons. The summed E-state index contributed by atoms with van der Waals surface area (Å²) in [6.07, 6.45) is 6.90. The molecule has 3 nitrogen and oxygen atoms in total. The number of methoxy groups -OCH3 is 1. The highest BCUT2D eigenvalue weighted by Gasteiger charge is 2.12. The lowest BCUT2D eigenvalue weighted by atomic mass is 10.1. The highest BCUT2D eigenvalue weighted by Crippen LogP contribution is 2.20. The fourth-order valence-electron chi connectivity index (χ4n) is 2.07. The van der Waals surface area contributed by atoms with Crippen molar-refractivity contribution in [2.24, 2.45) is 4.99 Å². The number of carbonyl (C=O) groups is 1. The van der Waals surface area contributed by atoms with Gasteiger partial charge in [-0.25, -0.2) is 4.79 Å². The van der Waals surface area contributed by atoms with Gasteiger partial charge in [-0.05, 0) is 30.5 Å². The van der Waals surface area contributed by atoms with E-state index in [-0.39, 0.29) is 5.97 Å². The van der Waals surface area contributed by atoms with E-state index in [1.165, 1.54) is 32.8 Å². The van der Waals surface area contributed by atoms with Crippen LogP contribution in [0.4, 0.5) is 0 Å². The zero-order valence-corrected chi connectivity index (χ0v) is 10.1. The van der Waals surface area contributed by atoms with Gasteiger partial charge in [-0.15, -0.1) is 0 Å². The number of ether oxygens (including phenoxy) is 1. The Bertz CT molecular complexity index is 403. The number of carbonyl (C=O) groups excluding carboxylic acids is 1. The Hall–Kier alpha value is -1.64. The SMILES string of the molecule is COC(=O)c1ccc(C=NC2CCCC2)cc1. The first-order valence-corrected chi connectivity index (χ1v) is 6.01. The highest BCUT2D eigenvalue weighted by atomic mass is 16.5. The Morgan fingerprint density at radius 3 is 2.53 bits per heavy atom. The van der Waals surface area contributed by atoms with Gasteiger partial charge in [0.25, 0.3) is 0 Å². The second-order valence-electron chi connectivity index (χ2n) is 4.33. The number of nitrogens with zero attached hydrogens (tertiary/aromatic N) is 1. The number of aliphatic imine (C=N–C) groups is 1. The van der Waals surface area contributed by atoms with Crippen LogP contribution in [-0.4, -0.2) is 25.3 Å². The molecule has 3 heteroatoms. The molecule has 1 aromatic rings. The minimum Gasteiger partial charge on any atom is -0.465 e. The van der Waals surface area contributed by atoms with E-state index in [4.69, 9.17) is 0 Å². The molecule has 0 bridgehead atoms. The van der Waals surface area contributed by atoms with E-state index in [2.05, 4.69) is 9.73 Å². The lowest BCUT2D eigenvalue weighted by Gasteiger charge is -2.01. The summed E-state index contributed by atoms with van der Waals surface area (Å²) in [5.74, 6) is -0.302. The minimum atomic E-state index is -0.302. The molecule has 0 amide bonds. The third-order valence-corrected chi connectivity index (χ3v) is 3.09.